The number of hydrogen-bond acceptors (Lipinski definition) is 9. The minimum atomic E-state index is -0.568. The van der Waals surface area contributed by atoms with E-state index in [9.17, 15) is 9.59 Å². The van der Waals surface area contributed by atoms with E-state index in [1.807, 2.05) is 59.1 Å². The average Bonchev–Trinajstić information content (AvgIpc) is 3.86. The first-order chi connectivity index (χ1) is 27.7. The van der Waals surface area contributed by atoms with Gasteiger partial charge in [0.2, 0.25) is 5.95 Å². The third-order valence-corrected chi connectivity index (χ3v) is 11.7. The van der Waals surface area contributed by atoms with Gasteiger partial charge < -0.3 is 24.7 Å². The Morgan fingerprint density at radius 2 is 1.72 bits per heavy atom. The third-order valence-electron chi connectivity index (χ3n) is 11.7. The molecule has 0 saturated carbocycles. The largest absolute Gasteiger partial charge is 0.484 e. The second-order valence-corrected chi connectivity index (χ2v) is 16.8. The summed E-state index contributed by atoms with van der Waals surface area (Å²) in [5.41, 5.74) is 5.11. The number of amides is 2. The lowest BCUT2D eigenvalue weighted by Crippen LogP contribution is -2.43. The maximum Gasteiger partial charge on any atom is 0.357 e. The smallest absolute Gasteiger partial charge is 0.357 e. The summed E-state index contributed by atoms with van der Waals surface area (Å²) in [7, 11) is 0. The molecule has 13 heteroatoms. The van der Waals surface area contributed by atoms with Gasteiger partial charge in [-0.2, -0.15) is 5.10 Å². The number of fused-ring (bicyclic) bond motifs is 2. The number of urea groups is 1. The van der Waals surface area contributed by atoms with Crippen molar-refractivity contribution < 1.29 is 19.2 Å². The normalized spacial score (nSPS) is 20.2. The average molecular weight is 774 g/mol. The molecule has 2 aromatic carbocycles. The maximum absolute atomic E-state index is 14.3. The molecule has 3 aliphatic rings. The Morgan fingerprint density at radius 3 is 2.51 bits per heavy atom. The van der Waals surface area contributed by atoms with Gasteiger partial charge >= 0.3 is 12.5 Å². The molecule has 0 radical (unpaired) electrons. The molecule has 0 unspecified atom stereocenters. The van der Waals surface area contributed by atoms with Crippen LogP contribution in [0.15, 0.2) is 72.9 Å². The van der Waals surface area contributed by atoms with Crippen molar-refractivity contribution in [3.63, 3.8) is 0 Å². The van der Waals surface area contributed by atoms with Gasteiger partial charge in [-0.25, -0.2) is 9.48 Å². The van der Waals surface area contributed by atoms with Crippen molar-refractivity contribution in [2.75, 3.05) is 36.1 Å². The summed E-state index contributed by atoms with van der Waals surface area (Å²) in [4.78, 5) is 36.7. The number of carbonyl (C=O) groups is 2. The van der Waals surface area contributed by atoms with Crippen LogP contribution < -0.4 is 20.0 Å². The summed E-state index contributed by atoms with van der Waals surface area (Å²) in [5, 5.41) is 18.2. The summed E-state index contributed by atoms with van der Waals surface area (Å²) in [6.07, 6.45) is 11.2. The van der Waals surface area contributed by atoms with Gasteiger partial charge in [-0.1, -0.05) is 63.6 Å². The van der Waals surface area contributed by atoms with Crippen LogP contribution in [-0.2, 0) is 21.5 Å². The van der Waals surface area contributed by atoms with E-state index >= 15 is 0 Å². The lowest BCUT2D eigenvalue weighted by molar-refractivity contribution is -0.129. The van der Waals surface area contributed by atoms with Gasteiger partial charge in [-0.05, 0) is 112 Å². The molecular weight excluding hydrogens is 719 g/mol. The highest BCUT2D eigenvalue weighted by Gasteiger charge is 2.34. The molecule has 13 nitrogen and oxygen atoms in total. The van der Waals surface area contributed by atoms with Crippen LogP contribution in [0, 0.1) is 0 Å². The van der Waals surface area contributed by atoms with Crippen molar-refractivity contribution in [1.82, 2.24) is 34.6 Å². The van der Waals surface area contributed by atoms with Gasteiger partial charge in [0, 0.05) is 30.6 Å². The van der Waals surface area contributed by atoms with E-state index in [-0.39, 0.29) is 24.0 Å². The quantitative estimate of drug-likeness (QED) is 0.106. The van der Waals surface area contributed by atoms with Gasteiger partial charge in [-0.15, -0.1) is 15.3 Å². The fourth-order valence-electron chi connectivity index (χ4n) is 8.55. The summed E-state index contributed by atoms with van der Waals surface area (Å²) >= 11 is 0. The van der Waals surface area contributed by atoms with Gasteiger partial charge in [0.05, 0.1) is 23.6 Å². The van der Waals surface area contributed by atoms with Crippen LogP contribution in [-0.4, -0.2) is 74.0 Å². The summed E-state index contributed by atoms with van der Waals surface area (Å²) < 4.78 is 10.4. The lowest BCUT2D eigenvalue weighted by Gasteiger charge is -2.34. The summed E-state index contributed by atoms with van der Waals surface area (Å²) in [5.74, 6) is 1.90. The lowest BCUT2D eigenvalue weighted by atomic mass is 9.85. The topological polar surface area (TPSA) is 122 Å². The number of piperidine rings is 2. The first-order valence-electron chi connectivity index (χ1n) is 20.7. The predicted molar refractivity (Wildman–Crippen MR) is 220 cm³/mol. The monoisotopic (exact) mass is 773 g/mol. The van der Waals surface area contributed by atoms with Gasteiger partial charge in [-0.3, -0.25) is 9.20 Å². The number of hydrogen-bond donors (Lipinski definition) is 1. The number of nitrogens with one attached hydrogen (secondary N) is 1. The van der Waals surface area contributed by atoms with Crippen molar-refractivity contribution in [3.05, 3.63) is 95.3 Å². The number of rotatable bonds is 11. The van der Waals surface area contributed by atoms with E-state index < -0.39 is 6.03 Å². The fourth-order valence-corrected chi connectivity index (χ4v) is 8.55. The van der Waals surface area contributed by atoms with Crippen LogP contribution in [0.1, 0.15) is 114 Å². The number of carbonyl (C=O) groups excluding carboxylic acids is 2. The SMILES string of the molecule is C[C@H]1CCCCN1c1nnc2ccc(O[C@@H]3CC[C@H](NC(=O)N(OC=O)c4cc(C(C)(C)C)nn4-c4cccc(CCN5CCCCC5)c4)c4ccccc43)cn12. The van der Waals surface area contributed by atoms with Crippen molar-refractivity contribution in [2.45, 2.75) is 109 Å². The molecule has 0 bridgehead atoms. The highest BCUT2D eigenvalue weighted by atomic mass is 16.7. The van der Waals surface area contributed by atoms with Gasteiger partial charge in [0.1, 0.15) is 11.9 Å². The second-order valence-electron chi connectivity index (χ2n) is 16.8. The van der Waals surface area contributed by atoms with E-state index in [0.717, 1.165) is 90.4 Å². The molecular formula is C44H55N9O4. The zero-order chi connectivity index (χ0) is 39.5. The number of nitrogens with zero attached hydrogens (tertiary/aromatic N) is 8. The molecule has 57 heavy (non-hydrogen) atoms. The Balaban J connectivity index is 1.02. The minimum Gasteiger partial charge on any atom is -0.484 e. The number of hydroxylamine groups is 1. The summed E-state index contributed by atoms with van der Waals surface area (Å²) in [6, 6.07) is 21.5. The first-order valence-corrected chi connectivity index (χ1v) is 20.7. The number of likely N-dealkylation sites (tertiary alicyclic amines) is 1. The molecule has 2 aliphatic heterocycles. The van der Waals surface area contributed by atoms with Crippen molar-refractivity contribution >= 4 is 29.9 Å². The minimum absolute atomic E-state index is 0.235. The van der Waals surface area contributed by atoms with Crippen LogP contribution in [0.3, 0.4) is 0 Å². The number of aromatic nitrogens is 5. The molecule has 3 aromatic heterocycles. The molecule has 2 saturated heterocycles. The second kappa shape index (κ2) is 16.6. The van der Waals surface area contributed by atoms with Gasteiger partial charge in [0.15, 0.2) is 11.5 Å². The standard InChI is InChI=1S/C44H55N9O4/c1-31-13-8-11-25-50(31)42-47-46-40-21-18-34(29-51(40)42)57-38-20-19-37(35-16-6-7-17-36(35)38)45-43(55)53(56-30-54)41-28-39(44(2,3)4)48-52(41)33-15-12-14-32(27-33)22-26-49-23-9-5-10-24-49/h6-7,12,14-18,21,27-31,37-38H,5,8-11,13,19-20,22-26H2,1-4H3,(H,45,55)/t31-,37-,38+/m0/s1. The molecule has 0 spiro atoms. The highest BCUT2D eigenvalue weighted by molar-refractivity contribution is 5.90. The number of anilines is 2. The zero-order valence-corrected chi connectivity index (χ0v) is 33.6. The maximum atomic E-state index is 14.3. The van der Waals surface area contributed by atoms with Crippen molar-refractivity contribution in [3.8, 4) is 11.4 Å². The molecule has 2 amide bonds. The zero-order valence-electron chi connectivity index (χ0n) is 33.6. The molecule has 1 aliphatic carbocycles. The Kier molecular flexibility index (Phi) is 11.2. The highest BCUT2D eigenvalue weighted by Crippen LogP contribution is 2.39. The molecule has 8 rings (SSSR count). The van der Waals surface area contributed by atoms with Crippen LogP contribution >= 0.6 is 0 Å². The van der Waals surface area contributed by atoms with Crippen molar-refractivity contribution in [1.29, 1.82) is 0 Å². The Morgan fingerprint density at radius 1 is 0.912 bits per heavy atom. The molecule has 3 atom stereocenters. The van der Waals surface area contributed by atoms with Crippen molar-refractivity contribution in [2.24, 2.45) is 0 Å². The van der Waals surface area contributed by atoms with E-state index in [1.54, 1.807) is 4.68 Å². The van der Waals surface area contributed by atoms with E-state index in [1.165, 1.54) is 31.2 Å². The van der Waals surface area contributed by atoms with Gasteiger partial charge in [0.25, 0.3) is 0 Å². The number of ether oxygens (including phenoxy) is 1. The Bertz CT molecular complexity index is 2190. The Hall–Kier alpha value is -5.43. The van der Waals surface area contributed by atoms with E-state index in [4.69, 9.17) is 14.7 Å². The molecule has 1 N–H and O–H groups in total. The molecule has 2 fully saturated rings. The van der Waals surface area contributed by atoms with Crippen LogP contribution in [0.2, 0.25) is 0 Å². The molecule has 5 heterocycles. The molecule has 300 valence electrons. The van der Waals surface area contributed by atoms with E-state index in [0.29, 0.717) is 24.7 Å². The summed E-state index contributed by atoms with van der Waals surface area (Å²) in [6.45, 7) is 13.0. The van der Waals surface area contributed by atoms with Crippen LogP contribution in [0.4, 0.5) is 16.6 Å². The first kappa shape index (κ1) is 38.4. The Labute approximate surface area is 334 Å². The third kappa shape index (κ3) is 8.34. The van der Waals surface area contributed by atoms with Crippen LogP contribution in [0.25, 0.3) is 11.3 Å². The molecule has 5 aromatic rings. The number of benzene rings is 2. The number of pyridine rings is 1. The van der Waals surface area contributed by atoms with Crippen LogP contribution in [0.5, 0.6) is 5.75 Å². The van der Waals surface area contributed by atoms with E-state index in [2.05, 4.69) is 71.2 Å². The fraction of sp³-hybridized carbons (Fsp3) is 0.477. The predicted octanol–water partition coefficient (Wildman–Crippen LogP) is 7.88.